The molecule has 1 aromatic rings. The van der Waals surface area contributed by atoms with Gasteiger partial charge in [0, 0.05) is 16.4 Å². The molecule has 1 rings (SSSR count). The van der Waals surface area contributed by atoms with Crippen LogP contribution in [0.5, 0.6) is 0 Å². The lowest BCUT2D eigenvalue weighted by Crippen LogP contribution is -1.89. The molecular weight excluding hydrogens is 226 g/mol. The smallest absolute Gasteiger partial charge is 0.0413 e. The molecule has 13 heavy (non-hydrogen) atoms. The number of aromatic nitrogens is 1. The zero-order valence-corrected chi connectivity index (χ0v) is 9.68. The highest BCUT2D eigenvalue weighted by molar-refractivity contribution is 9.10. The molecule has 0 N–H and O–H groups in total. The van der Waals surface area contributed by atoms with Crippen molar-refractivity contribution in [2.75, 3.05) is 0 Å². The summed E-state index contributed by atoms with van der Waals surface area (Å²) in [6.07, 6.45) is 8.23. The van der Waals surface area contributed by atoms with Crippen molar-refractivity contribution in [2.24, 2.45) is 0 Å². The molecular formula is C11H16BrN. The average molecular weight is 242 g/mol. The van der Waals surface area contributed by atoms with E-state index in [2.05, 4.69) is 40.0 Å². The summed E-state index contributed by atoms with van der Waals surface area (Å²) < 4.78 is 1.06. The lowest BCUT2D eigenvalue weighted by atomic mass is 10.1. The van der Waals surface area contributed by atoms with Gasteiger partial charge in [-0.2, -0.15) is 0 Å². The van der Waals surface area contributed by atoms with Gasteiger partial charge in [-0.25, -0.2) is 0 Å². The highest BCUT2D eigenvalue weighted by Crippen LogP contribution is 2.10. The van der Waals surface area contributed by atoms with E-state index in [4.69, 9.17) is 0 Å². The van der Waals surface area contributed by atoms with Crippen LogP contribution in [0.25, 0.3) is 0 Å². The average Bonchev–Trinajstić information content (AvgIpc) is 2.15. The molecule has 0 fully saturated rings. The predicted octanol–water partition coefficient (Wildman–Crippen LogP) is 3.97. The largest absolute Gasteiger partial charge is 0.260 e. The molecule has 2 heteroatoms. The molecule has 0 aliphatic carbocycles. The van der Waals surface area contributed by atoms with Gasteiger partial charge in [0.25, 0.3) is 0 Å². The van der Waals surface area contributed by atoms with E-state index in [1.165, 1.54) is 31.4 Å². The standard InChI is InChI=1S/C11H16BrN/c1-2-3-4-5-6-11-8-7-10(12)9-13-11/h7-9H,2-6H2,1H3. The molecule has 0 saturated heterocycles. The van der Waals surface area contributed by atoms with Gasteiger partial charge in [0.15, 0.2) is 0 Å². The molecule has 0 amide bonds. The van der Waals surface area contributed by atoms with Crippen LogP contribution >= 0.6 is 15.9 Å². The maximum Gasteiger partial charge on any atom is 0.0413 e. The first kappa shape index (κ1) is 10.7. The number of rotatable bonds is 5. The molecule has 0 aromatic carbocycles. The lowest BCUT2D eigenvalue weighted by Gasteiger charge is -1.99. The molecule has 0 radical (unpaired) electrons. The fourth-order valence-electron chi connectivity index (χ4n) is 1.29. The summed E-state index contributed by atoms with van der Waals surface area (Å²) in [5.74, 6) is 0. The first-order chi connectivity index (χ1) is 6.33. The van der Waals surface area contributed by atoms with Crippen LogP contribution in [0.2, 0.25) is 0 Å². The summed E-state index contributed by atoms with van der Waals surface area (Å²) in [6.45, 7) is 2.23. The minimum Gasteiger partial charge on any atom is -0.260 e. The Bertz CT molecular complexity index is 230. The molecule has 72 valence electrons. The Hall–Kier alpha value is -0.370. The van der Waals surface area contributed by atoms with Crippen molar-refractivity contribution < 1.29 is 0 Å². The summed E-state index contributed by atoms with van der Waals surface area (Å²) in [5.41, 5.74) is 1.21. The summed E-state index contributed by atoms with van der Waals surface area (Å²) in [5, 5.41) is 0. The van der Waals surface area contributed by atoms with Gasteiger partial charge >= 0.3 is 0 Å². The van der Waals surface area contributed by atoms with E-state index in [0.717, 1.165) is 10.9 Å². The van der Waals surface area contributed by atoms with Crippen LogP contribution in [0.4, 0.5) is 0 Å². The van der Waals surface area contributed by atoms with Crippen molar-refractivity contribution in [2.45, 2.75) is 39.0 Å². The molecule has 1 heterocycles. The minimum absolute atomic E-state index is 1.06. The van der Waals surface area contributed by atoms with Crippen LogP contribution in [0.15, 0.2) is 22.8 Å². The Balaban J connectivity index is 2.25. The fraction of sp³-hybridized carbons (Fsp3) is 0.545. The number of hydrogen-bond donors (Lipinski definition) is 0. The van der Waals surface area contributed by atoms with Gasteiger partial charge in [-0.15, -0.1) is 0 Å². The number of nitrogens with zero attached hydrogens (tertiary/aromatic N) is 1. The zero-order chi connectivity index (χ0) is 9.52. The van der Waals surface area contributed by atoms with Gasteiger partial charge in [-0.05, 0) is 40.9 Å². The van der Waals surface area contributed by atoms with E-state index < -0.39 is 0 Å². The molecule has 0 saturated carbocycles. The molecule has 0 bridgehead atoms. The topological polar surface area (TPSA) is 12.9 Å². The normalized spacial score (nSPS) is 10.3. The van der Waals surface area contributed by atoms with E-state index in [9.17, 15) is 0 Å². The van der Waals surface area contributed by atoms with Crippen molar-refractivity contribution in [3.63, 3.8) is 0 Å². The Labute approximate surface area is 88.7 Å². The van der Waals surface area contributed by atoms with E-state index in [-0.39, 0.29) is 0 Å². The number of pyridine rings is 1. The van der Waals surface area contributed by atoms with Crippen LogP contribution in [0.1, 0.15) is 38.3 Å². The quantitative estimate of drug-likeness (QED) is 0.712. The third kappa shape index (κ3) is 4.41. The minimum atomic E-state index is 1.06. The zero-order valence-electron chi connectivity index (χ0n) is 8.09. The number of aryl methyl sites for hydroxylation is 1. The molecule has 0 unspecified atom stereocenters. The Morgan fingerprint density at radius 2 is 2.08 bits per heavy atom. The van der Waals surface area contributed by atoms with Crippen LogP contribution in [0, 0.1) is 0 Å². The monoisotopic (exact) mass is 241 g/mol. The lowest BCUT2D eigenvalue weighted by molar-refractivity contribution is 0.660. The molecule has 0 aliphatic heterocycles. The number of halogens is 1. The number of unbranched alkanes of at least 4 members (excludes halogenated alkanes) is 3. The van der Waals surface area contributed by atoms with Crippen molar-refractivity contribution in [3.8, 4) is 0 Å². The highest BCUT2D eigenvalue weighted by atomic mass is 79.9. The van der Waals surface area contributed by atoms with Crippen molar-refractivity contribution in [3.05, 3.63) is 28.5 Å². The van der Waals surface area contributed by atoms with Crippen molar-refractivity contribution in [1.29, 1.82) is 0 Å². The predicted molar refractivity (Wildman–Crippen MR) is 59.8 cm³/mol. The first-order valence-corrected chi connectivity index (χ1v) is 5.72. The second-order valence-corrected chi connectivity index (χ2v) is 4.19. The molecule has 0 spiro atoms. The fourth-order valence-corrected chi connectivity index (χ4v) is 1.52. The van der Waals surface area contributed by atoms with Crippen LogP contribution in [-0.2, 0) is 6.42 Å². The highest BCUT2D eigenvalue weighted by Gasteiger charge is 1.94. The SMILES string of the molecule is CCCCCCc1ccc(Br)cn1. The van der Waals surface area contributed by atoms with E-state index in [1.54, 1.807) is 0 Å². The molecule has 0 aliphatic rings. The van der Waals surface area contributed by atoms with E-state index in [0.29, 0.717) is 0 Å². The first-order valence-electron chi connectivity index (χ1n) is 4.93. The van der Waals surface area contributed by atoms with Crippen LogP contribution in [0.3, 0.4) is 0 Å². The Morgan fingerprint density at radius 1 is 1.23 bits per heavy atom. The summed E-state index contributed by atoms with van der Waals surface area (Å²) >= 11 is 3.38. The van der Waals surface area contributed by atoms with Crippen LogP contribution < -0.4 is 0 Å². The van der Waals surface area contributed by atoms with E-state index in [1.807, 2.05) is 6.20 Å². The van der Waals surface area contributed by atoms with Gasteiger partial charge in [0.1, 0.15) is 0 Å². The summed E-state index contributed by atoms with van der Waals surface area (Å²) in [4.78, 5) is 4.33. The molecule has 1 nitrogen and oxygen atoms in total. The van der Waals surface area contributed by atoms with Crippen molar-refractivity contribution >= 4 is 15.9 Å². The Morgan fingerprint density at radius 3 is 2.69 bits per heavy atom. The van der Waals surface area contributed by atoms with Gasteiger partial charge in [0.2, 0.25) is 0 Å². The summed E-state index contributed by atoms with van der Waals surface area (Å²) in [7, 11) is 0. The molecule has 1 aromatic heterocycles. The second-order valence-electron chi connectivity index (χ2n) is 3.28. The maximum absolute atomic E-state index is 4.33. The van der Waals surface area contributed by atoms with Gasteiger partial charge in [-0.1, -0.05) is 26.2 Å². The van der Waals surface area contributed by atoms with Gasteiger partial charge < -0.3 is 0 Å². The third-order valence-corrected chi connectivity index (χ3v) is 2.54. The Kier molecular flexibility index (Phi) is 5.06. The maximum atomic E-state index is 4.33. The summed E-state index contributed by atoms with van der Waals surface area (Å²) in [6, 6.07) is 4.15. The van der Waals surface area contributed by atoms with Gasteiger partial charge in [0.05, 0.1) is 0 Å². The van der Waals surface area contributed by atoms with Gasteiger partial charge in [-0.3, -0.25) is 4.98 Å². The van der Waals surface area contributed by atoms with E-state index >= 15 is 0 Å². The third-order valence-electron chi connectivity index (χ3n) is 2.08. The molecule has 0 atom stereocenters. The van der Waals surface area contributed by atoms with Crippen LogP contribution in [-0.4, -0.2) is 4.98 Å². The number of hydrogen-bond acceptors (Lipinski definition) is 1. The van der Waals surface area contributed by atoms with Crippen molar-refractivity contribution in [1.82, 2.24) is 4.98 Å². The second kappa shape index (κ2) is 6.14.